The molecule has 0 radical (unpaired) electrons. The summed E-state index contributed by atoms with van der Waals surface area (Å²) >= 11 is 0. The van der Waals surface area contributed by atoms with Crippen LogP contribution >= 0.6 is 0 Å². The van der Waals surface area contributed by atoms with Crippen LogP contribution in [0.2, 0.25) is 0 Å². The van der Waals surface area contributed by atoms with Crippen molar-refractivity contribution in [2.45, 2.75) is 149 Å². The summed E-state index contributed by atoms with van der Waals surface area (Å²) in [5.41, 5.74) is 27.6. The van der Waals surface area contributed by atoms with E-state index in [1.54, 1.807) is 13.0 Å². The SMILES string of the molecule is C.Cc1ccc(C)c(-c2cccc[n+]2C)c1.Cc1ccccc1-c1cc(C(C)C)c(C)c[n+]1C.Cc1ccccc1-c1cc(C)c(C(C)C)c[n+]1C.Cc1ccccc1-c1cc(C)c(C(C)C)c[n+]1C.[2H]C([2H])([2H])C([2H])(C([2H])([2H])[2H])C([2H])([2H])c1ccc(-c2cccc[n+]2C)c(C)c1. The molecule has 0 aliphatic carbocycles. The van der Waals surface area contributed by atoms with Gasteiger partial charge in [0.25, 0.3) is 0 Å². The molecule has 5 aromatic carbocycles. The molecule has 0 spiro atoms. The minimum Gasteiger partial charge on any atom is -0.201 e. The van der Waals surface area contributed by atoms with Crippen molar-refractivity contribution in [3.63, 3.8) is 0 Å². The van der Waals surface area contributed by atoms with Gasteiger partial charge in [-0.05, 0) is 185 Å². The Labute approximate surface area is 546 Å². The maximum atomic E-state index is 8.30. The smallest absolute Gasteiger partial charge is 0.201 e. The number of hydrogen-bond acceptors (Lipinski definition) is 0. The topological polar surface area (TPSA) is 19.4 Å². The van der Waals surface area contributed by atoms with Crippen LogP contribution in [0, 0.1) is 68.2 Å². The van der Waals surface area contributed by atoms with Gasteiger partial charge in [0.15, 0.2) is 31.0 Å². The van der Waals surface area contributed by atoms with Gasteiger partial charge < -0.3 is 0 Å². The Kier molecular flexibility index (Phi) is 21.4. The molecule has 5 heterocycles. The second-order valence-corrected chi connectivity index (χ2v) is 24.4. The molecule has 10 aromatic rings. The maximum Gasteiger partial charge on any atom is 0.212 e. The Bertz CT molecular complexity index is 4190. The summed E-state index contributed by atoms with van der Waals surface area (Å²) < 4.78 is 80.8. The average molecular weight is 1180 g/mol. The van der Waals surface area contributed by atoms with Crippen molar-refractivity contribution in [2.24, 2.45) is 41.1 Å². The van der Waals surface area contributed by atoms with E-state index in [-0.39, 0.29) is 13.0 Å². The first-order chi connectivity index (χ1) is 44.8. The average Bonchev–Trinajstić information content (AvgIpc) is 0.720. The first kappa shape index (κ1) is 57.6. The molecule has 0 N–H and O–H groups in total. The highest BCUT2D eigenvalue weighted by Gasteiger charge is 2.20. The van der Waals surface area contributed by atoms with Crippen LogP contribution in [0.25, 0.3) is 56.3 Å². The van der Waals surface area contributed by atoms with E-state index in [9.17, 15) is 0 Å². The molecule has 5 heteroatoms. The van der Waals surface area contributed by atoms with Crippen LogP contribution in [0.15, 0.2) is 195 Å². The van der Waals surface area contributed by atoms with Crippen LogP contribution in [0.1, 0.15) is 165 Å². The summed E-state index contributed by atoms with van der Waals surface area (Å²) in [5.74, 6) is -1.60. The first-order valence-corrected chi connectivity index (χ1v) is 30.6. The molecule has 0 atom stereocenters. The predicted octanol–water partition coefficient (Wildman–Crippen LogP) is 18.9. The highest BCUT2D eigenvalue weighted by Crippen LogP contribution is 2.29. The maximum absolute atomic E-state index is 8.30. The lowest BCUT2D eigenvalue weighted by Crippen LogP contribution is -2.32. The van der Waals surface area contributed by atoms with E-state index in [4.69, 9.17) is 12.3 Å². The van der Waals surface area contributed by atoms with Crippen molar-refractivity contribution in [1.82, 2.24) is 0 Å². The molecule has 460 valence electrons. The van der Waals surface area contributed by atoms with Crippen LogP contribution in [0.4, 0.5) is 0 Å². The van der Waals surface area contributed by atoms with E-state index in [1.165, 1.54) is 118 Å². The van der Waals surface area contributed by atoms with Gasteiger partial charge in [-0.25, -0.2) is 22.8 Å². The van der Waals surface area contributed by atoms with Crippen LogP contribution < -0.4 is 22.8 Å². The molecule has 5 nitrogen and oxygen atoms in total. The fourth-order valence-electron chi connectivity index (χ4n) is 11.3. The number of aryl methyl sites for hydroxylation is 14. The van der Waals surface area contributed by atoms with E-state index >= 15 is 0 Å². The first-order valence-electron chi connectivity index (χ1n) is 35.1. The zero-order chi connectivity index (χ0) is 71.5. The zero-order valence-electron chi connectivity index (χ0n) is 64.9. The summed E-state index contributed by atoms with van der Waals surface area (Å²) in [5, 5.41) is 0. The number of hydrogen-bond donors (Lipinski definition) is 0. The fourth-order valence-corrected chi connectivity index (χ4v) is 11.3. The molecule has 0 bridgehead atoms. The monoisotopic (exact) mass is 1180 g/mol. The van der Waals surface area contributed by atoms with E-state index < -0.39 is 26.0 Å². The highest BCUT2D eigenvalue weighted by molar-refractivity contribution is 5.65. The molecule has 0 fully saturated rings. The molecule has 10 rings (SSSR count). The van der Waals surface area contributed by atoms with Gasteiger partial charge in [-0.3, -0.25) is 0 Å². The van der Waals surface area contributed by atoms with E-state index in [0.717, 1.165) is 11.3 Å². The van der Waals surface area contributed by atoms with Gasteiger partial charge in [0.1, 0.15) is 35.2 Å². The molecule has 5 aromatic heterocycles. The minimum atomic E-state index is -3.35. The molecule has 0 saturated carbocycles. The van der Waals surface area contributed by atoms with Crippen LogP contribution in [-0.4, -0.2) is 0 Å². The third-order valence-corrected chi connectivity index (χ3v) is 16.2. The van der Waals surface area contributed by atoms with Crippen molar-refractivity contribution in [1.29, 1.82) is 0 Å². The molecule has 88 heavy (non-hydrogen) atoms. The van der Waals surface area contributed by atoms with E-state index in [2.05, 4.69) is 296 Å². The third-order valence-electron chi connectivity index (χ3n) is 16.2. The second-order valence-electron chi connectivity index (χ2n) is 24.4. The van der Waals surface area contributed by atoms with Crippen molar-refractivity contribution in [3.8, 4) is 56.3 Å². The van der Waals surface area contributed by atoms with Gasteiger partial charge in [-0.2, -0.15) is 0 Å². The number of rotatable bonds is 10. The molecule has 0 saturated heterocycles. The molecular formula is C83H108N5+5. The van der Waals surface area contributed by atoms with Gasteiger partial charge in [-0.1, -0.05) is 147 Å². The van der Waals surface area contributed by atoms with Crippen LogP contribution in [0.3, 0.4) is 0 Å². The third kappa shape index (κ3) is 18.7. The van der Waals surface area contributed by atoms with Crippen LogP contribution in [0.5, 0.6) is 0 Å². The number of pyridine rings is 5. The van der Waals surface area contributed by atoms with E-state index in [1.807, 2.05) is 36.0 Å². The fraction of sp³-hybridized carbons (Fsp3) is 0.337. The van der Waals surface area contributed by atoms with Crippen molar-refractivity contribution < 1.29 is 35.2 Å². The zero-order valence-corrected chi connectivity index (χ0v) is 55.9. The van der Waals surface area contributed by atoms with Gasteiger partial charge in [0.2, 0.25) is 28.5 Å². The summed E-state index contributed by atoms with van der Waals surface area (Å²) in [6.07, 6.45) is 7.78. The normalized spacial score (nSPS) is 12.8. The quantitative estimate of drug-likeness (QED) is 0.122. The Morgan fingerprint density at radius 3 is 1.14 bits per heavy atom. The number of aromatic nitrogens is 5. The minimum absolute atomic E-state index is 0. The lowest BCUT2D eigenvalue weighted by Gasteiger charge is -2.11. The van der Waals surface area contributed by atoms with Crippen molar-refractivity contribution in [3.05, 3.63) is 267 Å². The Morgan fingerprint density at radius 2 is 0.727 bits per heavy atom. The molecule has 0 aliphatic heterocycles. The number of nitrogens with zero attached hydrogens (tertiary/aromatic N) is 5. The largest absolute Gasteiger partial charge is 0.212 e. The highest BCUT2D eigenvalue weighted by atomic mass is 14.9. The standard InChI is InChI=1S/4C17H22N.C14H16N.CH4/c1-12(2)16-10-17(18(5)11-14(16)4)15-9-7-6-8-13(15)3;2*1-12(2)16-11-18(5)17(10-14(16)4)15-9-7-6-8-13(15)3;1-13(2)11-15-8-9-16(14(3)12-15)17-7-5-6-10-18(17)4;1-11-7-8-12(2)13(10-11)14-6-4-5-9-15(14)3;/h3*6-12H,1-5H3;5-10,12-13H,11H2,1-4H3;4-10H,1-3H3;1H4/q5*+1;/i;;;1D3,2D3,11D2,13D;;. The van der Waals surface area contributed by atoms with Crippen molar-refractivity contribution in [2.75, 3.05) is 0 Å². The summed E-state index contributed by atoms with van der Waals surface area (Å²) in [6.45, 7) is 25.9. The van der Waals surface area contributed by atoms with E-state index in [0.29, 0.717) is 23.3 Å². The molecule has 0 aliphatic rings. The predicted molar refractivity (Wildman–Crippen MR) is 375 cm³/mol. The lowest BCUT2D eigenvalue weighted by atomic mass is 9.96. The Hall–Kier alpha value is -8.15. The summed E-state index contributed by atoms with van der Waals surface area (Å²) in [4.78, 5) is 0. The lowest BCUT2D eigenvalue weighted by molar-refractivity contribution is -0.661. The summed E-state index contributed by atoms with van der Waals surface area (Å²) in [7, 11) is 10.3. The van der Waals surface area contributed by atoms with Gasteiger partial charge in [-0.15, -0.1) is 0 Å². The second kappa shape index (κ2) is 32.7. The molecule has 0 amide bonds. The van der Waals surface area contributed by atoms with Crippen molar-refractivity contribution >= 4 is 0 Å². The van der Waals surface area contributed by atoms with Crippen LogP contribution in [-0.2, 0) is 41.6 Å². The molecular weight excluding hydrogens is 1070 g/mol. The molecule has 0 unspecified atom stereocenters. The summed E-state index contributed by atoms with van der Waals surface area (Å²) in [6, 6.07) is 55.5. The Balaban J connectivity index is 0.000000222. The Morgan fingerprint density at radius 1 is 0.341 bits per heavy atom. The van der Waals surface area contributed by atoms with Gasteiger partial charge in [0.05, 0.1) is 0 Å². The van der Waals surface area contributed by atoms with Gasteiger partial charge >= 0.3 is 0 Å². The number of benzene rings is 5. The van der Waals surface area contributed by atoms with Gasteiger partial charge in [0, 0.05) is 99.3 Å².